The molecular weight excluding hydrogens is 193 g/mol. The van der Waals surface area contributed by atoms with E-state index in [0.717, 1.165) is 0 Å². The van der Waals surface area contributed by atoms with Crippen LogP contribution in [-0.2, 0) is 8.99 Å². The summed E-state index contributed by atoms with van der Waals surface area (Å²) >= 11 is 0. The molecule has 1 aliphatic rings. The van der Waals surface area contributed by atoms with Crippen LogP contribution in [0.1, 0.15) is 6.42 Å². The van der Waals surface area contributed by atoms with Gasteiger partial charge >= 0.3 is 8.71 Å². The van der Waals surface area contributed by atoms with Crippen LogP contribution in [0.2, 0.25) is 6.04 Å². The smallest absolute Gasteiger partial charge is 0.543 e. The van der Waals surface area contributed by atoms with Crippen molar-refractivity contribution in [3.63, 3.8) is 0 Å². The quantitative estimate of drug-likeness (QED) is 0.459. The first-order valence-electron chi connectivity index (χ1n) is 3.06. The van der Waals surface area contributed by atoms with Gasteiger partial charge in [-0.3, -0.25) is 0 Å². The predicted octanol–water partition coefficient (Wildman–Crippen LogP) is 0.631. The Morgan fingerprint density at radius 2 is 2.27 bits per heavy atom. The second-order valence-corrected chi connectivity index (χ2v) is 6.80. The number of hydrogen-bond acceptors (Lipinski definition) is 3. The average molecular weight is 199 g/mol. The van der Waals surface area contributed by atoms with Crippen molar-refractivity contribution < 1.29 is 22.7 Å². The van der Waals surface area contributed by atoms with Crippen LogP contribution in [0, 0.1) is 0 Å². The van der Waals surface area contributed by atoms with Crippen LogP contribution in [0.5, 0.6) is 0 Å². The van der Waals surface area contributed by atoms with Crippen LogP contribution in [0.15, 0.2) is 0 Å². The van der Waals surface area contributed by atoms with Gasteiger partial charge in [0.25, 0.3) is 7.58 Å². The molecule has 1 fully saturated rings. The summed E-state index contributed by atoms with van der Waals surface area (Å²) in [5.74, 6) is 0. The lowest BCUT2D eigenvalue weighted by Gasteiger charge is -2.19. The van der Waals surface area contributed by atoms with E-state index in [4.69, 9.17) is 0 Å². The Kier molecular flexibility index (Phi) is 3.06. The number of hydrogen-bond donors (Lipinski definition) is 0. The molecule has 0 aromatic rings. The van der Waals surface area contributed by atoms with Crippen molar-refractivity contribution in [1.82, 2.24) is 0 Å². The molecule has 0 spiro atoms. The minimum atomic E-state index is -2.69. The topological polar surface area (TPSA) is 49.4 Å². The van der Waals surface area contributed by atoms with Crippen molar-refractivity contribution in [2.24, 2.45) is 0 Å². The number of alkyl halides is 2. The molecule has 0 N–H and O–H groups in total. The summed E-state index contributed by atoms with van der Waals surface area (Å²) in [6.45, 7) is 0. The van der Waals surface area contributed by atoms with Crippen LogP contribution in [0.3, 0.4) is 0 Å². The highest BCUT2D eigenvalue weighted by Crippen LogP contribution is 2.30. The molecule has 3 nitrogen and oxygen atoms in total. The highest BCUT2D eigenvalue weighted by atomic mass is 31.4. The van der Waals surface area contributed by atoms with Crippen molar-refractivity contribution >= 4 is 16.3 Å². The molecule has 3 atom stereocenters. The van der Waals surface area contributed by atoms with Crippen molar-refractivity contribution in [3.05, 3.63) is 0 Å². The van der Waals surface area contributed by atoms with Crippen molar-refractivity contribution in [2.45, 2.75) is 25.0 Å². The summed E-state index contributed by atoms with van der Waals surface area (Å²) in [5.41, 5.74) is 0. The van der Waals surface area contributed by atoms with E-state index in [0.29, 0.717) is 0 Å². The van der Waals surface area contributed by atoms with E-state index in [9.17, 15) is 18.2 Å². The molecule has 1 radical (unpaired) electrons. The SMILES string of the molecule is O=[P+]([O-])[Si]1CCC(F)C(F)O1. The van der Waals surface area contributed by atoms with Gasteiger partial charge in [-0.1, -0.05) is 4.57 Å². The third-order valence-corrected chi connectivity index (χ3v) is 5.20. The molecule has 0 saturated carbocycles. The van der Waals surface area contributed by atoms with E-state index in [2.05, 4.69) is 4.43 Å². The fourth-order valence-electron chi connectivity index (χ4n) is 0.789. The lowest BCUT2D eigenvalue weighted by Crippen LogP contribution is -2.35. The van der Waals surface area contributed by atoms with Crippen LogP contribution in [-0.4, -0.2) is 21.2 Å². The molecule has 0 aromatic carbocycles. The first-order chi connectivity index (χ1) is 5.11. The van der Waals surface area contributed by atoms with Gasteiger partial charge in [0, 0.05) is 6.04 Å². The second kappa shape index (κ2) is 3.67. The normalized spacial score (nSPS) is 35.4. The summed E-state index contributed by atoms with van der Waals surface area (Å²) in [6.07, 6.45) is -3.73. The molecule has 63 valence electrons. The van der Waals surface area contributed by atoms with E-state index in [1.165, 1.54) is 0 Å². The van der Waals surface area contributed by atoms with Gasteiger partial charge in [-0.2, -0.15) is 0 Å². The van der Waals surface area contributed by atoms with E-state index in [1.54, 1.807) is 0 Å². The van der Waals surface area contributed by atoms with Gasteiger partial charge in [0.2, 0.25) is 6.36 Å². The van der Waals surface area contributed by atoms with Gasteiger partial charge in [0.1, 0.15) is 0 Å². The van der Waals surface area contributed by atoms with Crippen LogP contribution >= 0.6 is 7.58 Å². The first-order valence-corrected chi connectivity index (χ1v) is 6.69. The summed E-state index contributed by atoms with van der Waals surface area (Å²) in [4.78, 5) is 10.3. The third kappa shape index (κ3) is 2.26. The van der Waals surface area contributed by atoms with E-state index < -0.39 is 28.8 Å². The molecule has 11 heavy (non-hydrogen) atoms. The van der Waals surface area contributed by atoms with Crippen molar-refractivity contribution in [2.75, 3.05) is 0 Å². The van der Waals surface area contributed by atoms with Gasteiger partial charge in [0.05, 0.1) is 0 Å². The Morgan fingerprint density at radius 3 is 2.73 bits per heavy atom. The van der Waals surface area contributed by atoms with E-state index in [1.807, 2.05) is 0 Å². The fourth-order valence-corrected chi connectivity index (χ4v) is 3.60. The largest absolute Gasteiger partial charge is 0.607 e. The fraction of sp³-hybridized carbons (Fsp3) is 1.00. The zero-order valence-corrected chi connectivity index (χ0v) is 7.39. The minimum absolute atomic E-state index is 0.0429. The molecule has 0 bridgehead atoms. The molecule has 1 heterocycles. The molecule has 7 heteroatoms. The zero-order chi connectivity index (χ0) is 8.43. The lowest BCUT2D eigenvalue weighted by molar-refractivity contribution is -0.161. The Bertz CT molecular complexity index is 169. The van der Waals surface area contributed by atoms with Crippen LogP contribution in [0.25, 0.3) is 0 Å². The highest BCUT2D eigenvalue weighted by molar-refractivity contribution is 7.74. The van der Waals surface area contributed by atoms with Crippen molar-refractivity contribution in [1.29, 1.82) is 0 Å². The highest BCUT2D eigenvalue weighted by Gasteiger charge is 2.42. The molecule has 0 aromatic heterocycles. The Labute approximate surface area is 64.8 Å². The van der Waals surface area contributed by atoms with Gasteiger partial charge in [0.15, 0.2) is 6.17 Å². The summed E-state index contributed by atoms with van der Waals surface area (Å²) in [6, 6.07) is 0.144. The first kappa shape index (κ1) is 9.19. The van der Waals surface area contributed by atoms with Gasteiger partial charge in [-0.25, -0.2) is 8.78 Å². The van der Waals surface area contributed by atoms with E-state index in [-0.39, 0.29) is 12.5 Å². The Hall–Kier alpha value is 0.0969. The molecule has 0 amide bonds. The van der Waals surface area contributed by atoms with Crippen LogP contribution in [0.4, 0.5) is 8.78 Å². The van der Waals surface area contributed by atoms with Crippen LogP contribution < -0.4 is 4.89 Å². The maximum absolute atomic E-state index is 12.3. The Balaban J connectivity index is 2.46. The van der Waals surface area contributed by atoms with Gasteiger partial charge < -0.3 is 9.32 Å². The minimum Gasteiger partial charge on any atom is -0.607 e. The molecule has 1 saturated heterocycles. The summed E-state index contributed by atoms with van der Waals surface area (Å²) < 4.78 is 39.3. The molecule has 3 unspecified atom stereocenters. The number of halogens is 2. The molecule has 1 rings (SSSR count). The maximum Gasteiger partial charge on any atom is 0.543 e. The standard InChI is InChI=1S/C4H6F2O3PSi/c5-3-1-2-11(10(7)8)9-4(3)6/h3-4H,1-2H2. The summed E-state index contributed by atoms with van der Waals surface area (Å²) in [5, 5.41) is 0. The zero-order valence-electron chi connectivity index (χ0n) is 5.50. The monoisotopic (exact) mass is 199 g/mol. The van der Waals surface area contributed by atoms with Crippen molar-refractivity contribution in [3.8, 4) is 0 Å². The van der Waals surface area contributed by atoms with Gasteiger partial charge in [-0.05, 0) is 6.42 Å². The van der Waals surface area contributed by atoms with E-state index >= 15 is 0 Å². The number of rotatable bonds is 1. The molecular formula is C4H6F2O3PSi. The predicted molar refractivity (Wildman–Crippen MR) is 33.7 cm³/mol. The molecule has 0 aliphatic carbocycles. The average Bonchev–Trinajstić information content (AvgIpc) is 1.94. The third-order valence-electron chi connectivity index (χ3n) is 1.37. The molecule has 1 aliphatic heterocycles. The second-order valence-electron chi connectivity index (χ2n) is 2.17. The van der Waals surface area contributed by atoms with Gasteiger partial charge in [-0.15, -0.1) is 0 Å². The maximum atomic E-state index is 12.3. The summed E-state index contributed by atoms with van der Waals surface area (Å²) in [7, 11) is -4.80. The Morgan fingerprint density at radius 1 is 1.64 bits per heavy atom. The lowest BCUT2D eigenvalue weighted by atomic mass is 10.3.